The van der Waals surface area contributed by atoms with Crippen molar-refractivity contribution >= 4 is 44.5 Å². The molecule has 0 saturated heterocycles. The molecule has 0 fully saturated rings. The van der Waals surface area contributed by atoms with Crippen LogP contribution in [0, 0.1) is 6.92 Å². The maximum atomic E-state index is 13.2. The summed E-state index contributed by atoms with van der Waals surface area (Å²) in [6.07, 6.45) is 1.74. The van der Waals surface area contributed by atoms with Crippen LogP contribution in [0.25, 0.3) is 5.52 Å². The molecule has 0 saturated carbocycles. The van der Waals surface area contributed by atoms with Gasteiger partial charge in [0, 0.05) is 21.9 Å². The van der Waals surface area contributed by atoms with Crippen molar-refractivity contribution in [3.05, 3.63) is 99.8 Å². The molecular weight excluding hydrogens is 430 g/mol. The zero-order valence-electron chi connectivity index (χ0n) is 15.6. The Morgan fingerprint density at radius 2 is 1.66 bits per heavy atom. The number of carbonyl (C=O) groups is 2. The first kappa shape index (κ1) is 19.0. The van der Waals surface area contributed by atoms with E-state index in [0.717, 1.165) is 10.0 Å². The van der Waals surface area contributed by atoms with E-state index in [1.165, 1.54) is 0 Å². The van der Waals surface area contributed by atoms with E-state index >= 15 is 0 Å². The highest BCUT2D eigenvalue weighted by Crippen LogP contribution is 2.30. The number of nitrogen functional groups attached to an aromatic ring is 1. The molecule has 4 rings (SSSR count). The molecule has 2 aromatic heterocycles. The molecule has 0 aliphatic carbocycles. The summed E-state index contributed by atoms with van der Waals surface area (Å²) in [6, 6.07) is 19.9. The number of aromatic nitrogens is 1. The molecule has 1 amide bonds. The Kier molecular flexibility index (Phi) is 4.94. The van der Waals surface area contributed by atoms with Crippen LogP contribution in [0.5, 0.6) is 0 Å². The van der Waals surface area contributed by atoms with Crippen LogP contribution in [-0.4, -0.2) is 16.1 Å². The third-order valence-corrected chi connectivity index (χ3v) is 5.35. The Hall–Kier alpha value is -3.38. The van der Waals surface area contributed by atoms with Crippen LogP contribution in [-0.2, 0) is 0 Å². The average molecular weight is 448 g/mol. The number of nitrogens with zero attached hydrogens (tertiary/aromatic N) is 1. The van der Waals surface area contributed by atoms with Gasteiger partial charge >= 0.3 is 0 Å². The van der Waals surface area contributed by atoms with Gasteiger partial charge in [-0.3, -0.25) is 9.59 Å². The number of nitrogens with one attached hydrogen (secondary N) is 1. The Morgan fingerprint density at radius 3 is 2.38 bits per heavy atom. The highest BCUT2D eigenvalue weighted by atomic mass is 79.9. The van der Waals surface area contributed by atoms with Crippen LogP contribution in [0.1, 0.15) is 32.0 Å². The van der Waals surface area contributed by atoms with Crippen LogP contribution in [0.15, 0.2) is 77.4 Å². The van der Waals surface area contributed by atoms with Gasteiger partial charge in [0.1, 0.15) is 5.69 Å². The molecule has 0 spiro atoms. The second kappa shape index (κ2) is 7.56. The van der Waals surface area contributed by atoms with Crippen LogP contribution < -0.4 is 11.1 Å². The molecule has 0 unspecified atom stereocenters. The number of anilines is 2. The minimum atomic E-state index is -0.352. The number of carbonyl (C=O) groups excluding carboxylic acids is 2. The Labute approximate surface area is 176 Å². The molecule has 0 bridgehead atoms. The highest BCUT2D eigenvalue weighted by Gasteiger charge is 2.26. The Bertz CT molecular complexity index is 1240. The van der Waals surface area contributed by atoms with Gasteiger partial charge in [-0.05, 0) is 55.0 Å². The Balaban J connectivity index is 1.83. The first-order valence-electron chi connectivity index (χ1n) is 9.03. The van der Waals surface area contributed by atoms with Gasteiger partial charge in [0.2, 0.25) is 5.78 Å². The van der Waals surface area contributed by atoms with Crippen molar-refractivity contribution in [3.8, 4) is 0 Å². The molecular formula is C23H18BrN3O2. The molecule has 0 aliphatic rings. The van der Waals surface area contributed by atoms with Crippen LogP contribution in [0.4, 0.5) is 11.4 Å². The van der Waals surface area contributed by atoms with Gasteiger partial charge in [0.15, 0.2) is 0 Å². The lowest BCUT2D eigenvalue weighted by atomic mass is 10.1. The van der Waals surface area contributed by atoms with E-state index in [0.29, 0.717) is 16.8 Å². The first-order chi connectivity index (χ1) is 14.0. The molecule has 0 aliphatic heterocycles. The molecule has 4 aromatic rings. The van der Waals surface area contributed by atoms with Gasteiger partial charge in [0.05, 0.1) is 16.8 Å². The topological polar surface area (TPSA) is 76.6 Å². The monoisotopic (exact) mass is 447 g/mol. The third kappa shape index (κ3) is 3.43. The molecule has 0 radical (unpaired) electrons. The van der Waals surface area contributed by atoms with Crippen molar-refractivity contribution < 1.29 is 9.59 Å². The fourth-order valence-corrected chi connectivity index (χ4v) is 3.60. The quantitative estimate of drug-likeness (QED) is 0.428. The van der Waals surface area contributed by atoms with E-state index in [2.05, 4.69) is 21.2 Å². The fourth-order valence-electron chi connectivity index (χ4n) is 3.33. The number of benzene rings is 2. The van der Waals surface area contributed by atoms with Crippen molar-refractivity contribution in [1.82, 2.24) is 4.40 Å². The number of aryl methyl sites for hydroxylation is 1. The second-order valence-corrected chi connectivity index (χ2v) is 7.61. The van der Waals surface area contributed by atoms with Crippen molar-refractivity contribution in [2.45, 2.75) is 6.92 Å². The summed E-state index contributed by atoms with van der Waals surface area (Å²) in [5.41, 5.74) is 9.80. The number of halogens is 1. The van der Waals surface area contributed by atoms with Gasteiger partial charge in [-0.15, -0.1) is 0 Å². The van der Waals surface area contributed by atoms with Crippen molar-refractivity contribution in [3.63, 3.8) is 0 Å². The summed E-state index contributed by atoms with van der Waals surface area (Å²) in [5, 5.41) is 2.91. The second-order valence-electron chi connectivity index (χ2n) is 6.70. The molecule has 0 atom stereocenters. The van der Waals surface area contributed by atoms with Crippen LogP contribution in [0.3, 0.4) is 0 Å². The minimum absolute atomic E-state index is 0.162. The number of pyridine rings is 1. The summed E-state index contributed by atoms with van der Waals surface area (Å²) < 4.78 is 2.55. The Morgan fingerprint density at radius 1 is 0.966 bits per heavy atom. The SMILES string of the molecule is Cc1ccccc1NC(=O)c1c(N)c(C(=O)c2ccc(Br)cc2)n2ccccc12. The number of para-hydroxylation sites is 1. The molecule has 29 heavy (non-hydrogen) atoms. The lowest BCUT2D eigenvalue weighted by molar-refractivity contribution is 0.102. The van der Waals surface area contributed by atoms with Gasteiger partial charge in [-0.25, -0.2) is 0 Å². The van der Waals surface area contributed by atoms with Gasteiger partial charge in [0.25, 0.3) is 5.91 Å². The van der Waals surface area contributed by atoms with Crippen LogP contribution in [0.2, 0.25) is 0 Å². The number of amides is 1. The minimum Gasteiger partial charge on any atom is -0.396 e. The number of rotatable bonds is 4. The zero-order chi connectivity index (χ0) is 20.5. The lowest BCUT2D eigenvalue weighted by Gasteiger charge is -2.08. The molecule has 6 heteroatoms. The van der Waals surface area contributed by atoms with E-state index in [9.17, 15) is 9.59 Å². The maximum absolute atomic E-state index is 13.2. The summed E-state index contributed by atoms with van der Waals surface area (Å²) in [4.78, 5) is 26.3. The van der Waals surface area contributed by atoms with Gasteiger partial charge in [-0.1, -0.05) is 40.2 Å². The molecule has 2 aromatic carbocycles. The molecule has 5 nitrogen and oxygen atoms in total. The lowest BCUT2D eigenvalue weighted by Crippen LogP contribution is -2.14. The van der Waals surface area contributed by atoms with Crippen LogP contribution >= 0.6 is 15.9 Å². The van der Waals surface area contributed by atoms with E-state index in [-0.39, 0.29) is 28.6 Å². The van der Waals surface area contributed by atoms with Crippen molar-refractivity contribution in [2.24, 2.45) is 0 Å². The molecule has 144 valence electrons. The molecule has 3 N–H and O–H groups in total. The highest BCUT2D eigenvalue weighted by molar-refractivity contribution is 9.10. The van der Waals surface area contributed by atoms with Gasteiger partial charge in [-0.2, -0.15) is 0 Å². The predicted molar refractivity (Wildman–Crippen MR) is 119 cm³/mol. The number of nitrogens with two attached hydrogens (primary N) is 1. The molecule has 2 heterocycles. The van der Waals surface area contributed by atoms with Crippen molar-refractivity contribution in [2.75, 3.05) is 11.1 Å². The number of ketones is 1. The largest absolute Gasteiger partial charge is 0.396 e. The third-order valence-electron chi connectivity index (χ3n) is 4.82. The van der Waals surface area contributed by atoms with E-state index in [4.69, 9.17) is 5.73 Å². The van der Waals surface area contributed by atoms with Gasteiger partial charge < -0.3 is 15.5 Å². The number of hydrogen-bond donors (Lipinski definition) is 2. The van der Waals surface area contributed by atoms with E-state index in [1.54, 1.807) is 47.0 Å². The summed E-state index contributed by atoms with van der Waals surface area (Å²) in [6.45, 7) is 1.92. The predicted octanol–water partition coefficient (Wildman–Crippen LogP) is 5.08. The number of hydrogen-bond acceptors (Lipinski definition) is 3. The average Bonchev–Trinajstić information content (AvgIpc) is 3.01. The van der Waals surface area contributed by atoms with E-state index in [1.807, 2.05) is 37.3 Å². The summed E-state index contributed by atoms with van der Waals surface area (Å²) >= 11 is 3.37. The maximum Gasteiger partial charge on any atom is 0.259 e. The normalized spacial score (nSPS) is 10.8. The van der Waals surface area contributed by atoms with E-state index < -0.39 is 0 Å². The summed E-state index contributed by atoms with van der Waals surface area (Å²) in [5.74, 6) is -0.596. The number of fused-ring (bicyclic) bond motifs is 1. The zero-order valence-corrected chi connectivity index (χ0v) is 17.2. The fraction of sp³-hybridized carbons (Fsp3) is 0.0435. The standard InChI is InChI=1S/C23H18BrN3O2/c1-14-6-2-3-7-17(14)26-23(29)19-18-8-4-5-13-27(18)21(20(19)25)22(28)15-9-11-16(24)12-10-15/h2-13H,25H2,1H3,(H,26,29). The summed E-state index contributed by atoms with van der Waals surface area (Å²) in [7, 11) is 0. The first-order valence-corrected chi connectivity index (χ1v) is 9.82. The van der Waals surface area contributed by atoms with Crippen molar-refractivity contribution in [1.29, 1.82) is 0 Å². The smallest absolute Gasteiger partial charge is 0.259 e.